The fourth-order valence-corrected chi connectivity index (χ4v) is 4.45. The summed E-state index contributed by atoms with van der Waals surface area (Å²) in [6, 6.07) is 13.8. The first-order chi connectivity index (χ1) is 14.9. The lowest BCUT2D eigenvalue weighted by Crippen LogP contribution is -2.32. The van der Waals surface area contributed by atoms with E-state index in [0.717, 1.165) is 41.2 Å². The average molecular weight is 422 g/mol. The number of furan rings is 1. The zero-order valence-electron chi connectivity index (χ0n) is 16.6. The van der Waals surface area contributed by atoms with Crippen LogP contribution in [0.2, 0.25) is 0 Å². The maximum Gasteiger partial charge on any atom is 0.228 e. The highest BCUT2D eigenvalue weighted by Gasteiger charge is 2.21. The smallest absolute Gasteiger partial charge is 0.228 e. The van der Waals surface area contributed by atoms with Crippen LogP contribution in [0.15, 0.2) is 69.0 Å². The zero-order valence-corrected chi connectivity index (χ0v) is 17.4. The molecule has 5 rings (SSSR count). The molecule has 154 valence electrons. The van der Waals surface area contributed by atoms with Crippen molar-refractivity contribution in [3.8, 4) is 11.5 Å². The largest absolute Gasteiger partial charge is 0.467 e. The molecule has 4 heterocycles. The summed E-state index contributed by atoms with van der Waals surface area (Å²) in [5.41, 5.74) is 1.85. The quantitative estimate of drug-likeness (QED) is 0.395. The Morgan fingerprint density at radius 3 is 2.60 bits per heavy atom. The lowest BCUT2D eigenvalue weighted by molar-refractivity contribution is 0.479. The summed E-state index contributed by atoms with van der Waals surface area (Å²) in [7, 11) is 0. The first-order valence-electron chi connectivity index (χ1n) is 10.2. The highest BCUT2D eigenvalue weighted by molar-refractivity contribution is 7.98. The molecule has 4 aromatic rings. The molecule has 0 aliphatic carbocycles. The average Bonchev–Trinajstić information content (AvgIpc) is 3.56. The van der Waals surface area contributed by atoms with Gasteiger partial charge in [0.05, 0.1) is 18.5 Å². The monoisotopic (exact) mass is 421 g/mol. The predicted octanol–water partition coefficient (Wildman–Crippen LogP) is 4.86. The Labute approximate surface area is 179 Å². The Hall–Kier alpha value is -3.00. The van der Waals surface area contributed by atoms with Gasteiger partial charge in [0.15, 0.2) is 5.16 Å². The van der Waals surface area contributed by atoms with Crippen LogP contribution in [0.5, 0.6) is 0 Å². The molecule has 0 N–H and O–H groups in total. The van der Waals surface area contributed by atoms with Crippen molar-refractivity contribution in [2.45, 2.75) is 36.7 Å². The van der Waals surface area contributed by atoms with Crippen LogP contribution in [-0.4, -0.2) is 32.8 Å². The van der Waals surface area contributed by atoms with Crippen molar-refractivity contribution in [3.63, 3.8) is 0 Å². The van der Waals surface area contributed by atoms with Gasteiger partial charge >= 0.3 is 0 Å². The second-order valence-corrected chi connectivity index (χ2v) is 8.24. The molecular weight excluding hydrogens is 398 g/mol. The number of aromatic nitrogens is 4. The normalized spacial score (nSPS) is 14.3. The number of hydrogen-bond acceptors (Lipinski definition) is 7. The predicted molar refractivity (Wildman–Crippen MR) is 115 cm³/mol. The summed E-state index contributed by atoms with van der Waals surface area (Å²) in [6.07, 6.45) is 7.08. The molecule has 1 fully saturated rings. The van der Waals surface area contributed by atoms with Crippen LogP contribution in [0.3, 0.4) is 0 Å². The van der Waals surface area contributed by atoms with Crippen molar-refractivity contribution in [3.05, 3.63) is 66.4 Å². The van der Waals surface area contributed by atoms with Crippen LogP contribution < -0.4 is 4.90 Å². The van der Waals surface area contributed by atoms with Gasteiger partial charge in [-0.25, -0.2) is 4.98 Å². The summed E-state index contributed by atoms with van der Waals surface area (Å²) in [4.78, 5) is 6.95. The molecule has 3 aromatic heterocycles. The van der Waals surface area contributed by atoms with Gasteiger partial charge in [-0.05, 0) is 43.5 Å². The first kappa shape index (κ1) is 19.0. The van der Waals surface area contributed by atoms with E-state index in [-0.39, 0.29) is 0 Å². The molecule has 0 bridgehead atoms. The van der Waals surface area contributed by atoms with Crippen molar-refractivity contribution >= 4 is 17.7 Å². The molecule has 8 heteroatoms. The standard InChI is InChI=1S/C22H23N5O2S/c1-3-8-17(9-4-1)20-23-18(15-29-20)16-30-22-25-24-21(26-11-5-2-6-12-26)27(22)14-19-10-7-13-28-19/h1,3-4,7-10,13,15H,2,5-6,11-12,14,16H2. The van der Waals surface area contributed by atoms with Crippen molar-refractivity contribution in [1.29, 1.82) is 0 Å². The van der Waals surface area contributed by atoms with Gasteiger partial charge in [0.1, 0.15) is 12.0 Å². The van der Waals surface area contributed by atoms with E-state index < -0.39 is 0 Å². The Bertz CT molecular complexity index is 1070. The Morgan fingerprint density at radius 1 is 0.933 bits per heavy atom. The van der Waals surface area contributed by atoms with Gasteiger partial charge in [0, 0.05) is 24.4 Å². The molecule has 1 aliphatic heterocycles. The summed E-state index contributed by atoms with van der Waals surface area (Å²) in [5.74, 6) is 3.10. The van der Waals surface area contributed by atoms with Crippen molar-refractivity contribution in [2.24, 2.45) is 0 Å². The van der Waals surface area contributed by atoms with E-state index in [2.05, 4.69) is 24.6 Å². The molecule has 1 saturated heterocycles. The van der Waals surface area contributed by atoms with Gasteiger partial charge in [-0.1, -0.05) is 30.0 Å². The number of thioether (sulfide) groups is 1. The zero-order chi connectivity index (χ0) is 20.2. The fourth-order valence-electron chi connectivity index (χ4n) is 3.64. The van der Waals surface area contributed by atoms with Crippen LogP contribution in [0, 0.1) is 0 Å². The molecule has 0 atom stereocenters. The third kappa shape index (κ3) is 4.14. The third-order valence-electron chi connectivity index (χ3n) is 5.15. The minimum absolute atomic E-state index is 0.613. The number of piperidine rings is 1. The van der Waals surface area contributed by atoms with Crippen LogP contribution in [0.4, 0.5) is 5.95 Å². The first-order valence-corrected chi connectivity index (χ1v) is 11.2. The van der Waals surface area contributed by atoms with E-state index in [1.54, 1.807) is 24.3 Å². The van der Waals surface area contributed by atoms with Gasteiger partial charge in [0.2, 0.25) is 11.8 Å². The van der Waals surface area contributed by atoms with Gasteiger partial charge < -0.3 is 13.7 Å². The number of oxazole rings is 1. The maximum absolute atomic E-state index is 5.66. The minimum atomic E-state index is 0.613. The molecule has 0 saturated carbocycles. The Balaban J connectivity index is 1.35. The lowest BCUT2D eigenvalue weighted by Gasteiger charge is -2.27. The van der Waals surface area contributed by atoms with Crippen LogP contribution >= 0.6 is 11.8 Å². The van der Waals surface area contributed by atoms with Gasteiger partial charge in [0.25, 0.3) is 0 Å². The van der Waals surface area contributed by atoms with Gasteiger partial charge in [-0.2, -0.15) is 0 Å². The van der Waals surface area contributed by atoms with E-state index >= 15 is 0 Å². The number of benzene rings is 1. The lowest BCUT2D eigenvalue weighted by atomic mass is 10.1. The molecule has 1 aromatic carbocycles. The van der Waals surface area contributed by atoms with Crippen molar-refractivity contribution in [1.82, 2.24) is 19.7 Å². The number of hydrogen-bond donors (Lipinski definition) is 0. The second kappa shape index (κ2) is 8.79. The highest BCUT2D eigenvalue weighted by atomic mass is 32.2. The SMILES string of the molecule is c1ccc(-c2nc(CSc3nnc(N4CCCCC4)n3Cc3ccco3)co2)cc1. The summed E-state index contributed by atoms with van der Waals surface area (Å²) in [5, 5.41) is 9.86. The van der Waals surface area contributed by atoms with E-state index in [1.807, 2.05) is 42.5 Å². The number of nitrogens with zero attached hydrogens (tertiary/aromatic N) is 5. The Morgan fingerprint density at radius 2 is 1.80 bits per heavy atom. The maximum atomic E-state index is 5.66. The minimum Gasteiger partial charge on any atom is -0.467 e. The van der Waals surface area contributed by atoms with Crippen LogP contribution in [-0.2, 0) is 12.3 Å². The van der Waals surface area contributed by atoms with E-state index in [0.29, 0.717) is 18.2 Å². The summed E-state index contributed by atoms with van der Waals surface area (Å²) >= 11 is 1.61. The highest BCUT2D eigenvalue weighted by Crippen LogP contribution is 2.28. The molecule has 1 aliphatic rings. The van der Waals surface area contributed by atoms with Crippen LogP contribution in [0.1, 0.15) is 30.7 Å². The van der Waals surface area contributed by atoms with Crippen molar-refractivity contribution in [2.75, 3.05) is 18.0 Å². The molecule has 30 heavy (non-hydrogen) atoms. The van der Waals surface area contributed by atoms with Gasteiger partial charge in [-0.15, -0.1) is 10.2 Å². The second-order valence-electron chi connectivity index (χ2n) is 7.29. The molecule has 7 nitrogen and oxygen atoms in total. The number of anilines is 1. The summed E-state index contributed by atoms with van der Waals surface area (Å²) in [6.45, 7) is 2.65. The molecule has 0 spiro atoms. The summed E-state index contributed by atoms with van der Waals surface area (Å²) < 4.78 is 13.4. The fraction of sp³-hybridized carbons (Fsp3) is 0.318. The van der Waals surface area contributed by atoms with E-state index in [4.69, 9.17) is 8.83 Å². The van der Waals surface area contributed by atoms with E-state index in [9.17, 15) is 0 Å². The van der Waals surface area contributed by atoms with Gasteiger partial charge in [-0.3, -0.25) is 4.57 Å². The van der Waals surface area contributed by atoms with E-state index in [1.165, 1.54) is 19.3 Å². The van der Waals surface area contributed by atoms with Crippen molar-refractivity contribution < 1.29 is 8.83 Å². The molecule has 0 radical (unpaired) electrons. The third-order valence-corrected chi connectivity index (χ3v) is 6.15. The molecule has 0 amide bonds. The van der Waals surface area contributed by atoms with Crippen LogP contribution in [0.25, 0.3) is 11.5 Å². The topological polar surface area (TPSA) is 73.1 Å². The Kier molecular flexibility index (Phi) is 5.56. The number of rotatable bonds is 7. The molecular formula is C22H23N5O2S. The molecule has 0 unspecified atom stereocenters.